The number of carbonyl (C=O) groups is 1. The fourth-order valence-corrected chi connectivity index (χ4v) is 3.95. The first kappa shape index (κ1) is 21.4. The van der Waals surface area contributed by atoms with E-state index in [1.54, 1.807) is 18.2 Å². The van der Waals surface area contributed by atoms with Gasteiger partial charge in [0.25, 0.3) is 0 Å². The summed E-state index contributed by atoms with van der Waals surface area (Å²) in [5.41, 5.74) is 3.22. The Balaban J connectivity index is 1.53. The van der Waals surface area contributed by atoms with E-state index in [0.29, 0.717) is 23.5 Å². The van der Waals surface area contributed by atoms with Gasteiger partial charge in [-0.25, -0.2) is 4.79 Å². The van der Waals surface area contributed by atoms with Crippen LogP contribution in [0.25, 0.3) is 22.4 Å². The number of hydrogen-bond donors (Lipinski definition) is 1. The Labute approximate surface area is 194 Å². The van der Waals surface area contributed by atoms with Crippen LogP contribution in [0.4, 0.5) is 0 Å². The molecular formula is C27H18BrNO3. The second-order valence-electron chi connectivity index (χ2n) is 7.17. The topological polar surface area (TPSA) is 70.3 Å². The van der Waals surface area contributed by atoms with Gasteiger partial charge in [0.05, 0.1) is 21.7 Å². The first-order valence-electron chi connectivity index (χ1n) is 9.89. The number of allylic oxidation sites excluding steroid dienone is 1. The van der Waals surface area contributed by atoms with Crippen molar-refractivity contribution in [2.24, 2.45) is 0 Å². The summed E-state index contributed by atoms with van der Waals surface area (Å²) in [5.74, 6) is -0.290. The highest BCUT2D eigenvalue weighted by molar-refractivity contribution is 9.10. The van der Waals surface area contributed by atoms with Crippen molar-refractivity contribution in [3.63, 3.8) is 0 Å². The van der Waals surface area contributed by atoms with Crippen molar-refractivity contribution in [3.05, 3.63) is 112 Å². The van der Waals surface area contributed by atoms with Crippen molar-refractivity contribution in [1.29, 1.82) is 5.26 Å². The van der Waals surface area contributed by atoms with Crippen LogP contribution in [0.3, 0.4) is 0 Å². The van der Waals surface area contributed by atoms with Gasteiger partial charge in [-0.3, -0.25) is 0 Å². The van der Waals surface area contributed by atoms with Crippen molar-refractivity contribution in [1.82, 2.24) is 0 Å². The van der Waals surface area contributed by atoms with Gasteiger partial charge in [0.15, 0.2) is 0 Å². The first-order valence-corrected chi connectivity index (χ1v) is 10.7. The maximum Gasteiger partial charge on any atom is 0.335 e. The molecule has 0 amide bonds. The van der Waals surface area contributed by atoms with Gasteiger partial charge in [0.1, 0.15) is 12.4 Å². The summed E-state index contributed by atoms with van der Waals surface area (Å²) in [4.78, 5) is 11.0. The Bertz CT molecular complexity index is 1360. The van der Waals surface area contributed by atoms with E-state index >= 15 is 0 Å². The lowest BCUT2D eigenvalue weighted by molar-refractivity contribution is 0.0697. The van der Waals surface area contributed by atoms with E-state index in [2.05, 4.69) is 46.3 Å². The van der Waals surface area contributed by atoms with E-state index in [-0.39, 0.29) is 5.56 Å². The summed E-state index contributed by atoms with van der Waals surface area (Å²) in [6, 6.07) is 28.4. The molecule has 4 nitrogen and oxygen atoms in total. The molecule has 0 unspecified atom stereocenters. The molecule has 0 aromatic heterocycles. The van der Waals surface area contributed by atoms with E-state index in [0.717, 1.165) is 15.6 Å². The molecule has 0 spiro atoms. The van der Waals surface area contributed by atoms with Crippen LogP contribution in [-0.2, 0) is 6.61 Å². The van der Waals surface area contributed by atoms with Gasteiger partial charge < -0.3 is 9.84 Å². The Morgan fingerprint density at radius 3 is 2.41 bits per heavy atom. The highest BCUT2D eigenvalue weighted by atomic mass is 79.9. The van der Waals surface area contributed by atoms with Gasteiger partial charge in [-0.1, -0.05) is 60.7 Å². The average Bonchev–Trinajstić information content (AvgIpc) is 2.82. The molecule has 156 valence electrons. The number of nitriles is 1. The molecule has 0 heterocycles. The van der Waals surface area contributed by atoms with Crippen LogP contribution < -0.4 is 4.74 Å². The zero-order valence-electron chi connectivity index (χ0n) is 17.0. The molecule has 0 saturated heterocycles. The lowest BCUT2D eigenvalue weighted by Crippen LogP contribution is -1.97. The normalized spacial score (nSPS) is 11.2. The lowest BCUT2D eigenvalue weighted by Gasteiger charge is -2.11. The molecular weight excluding hydrogens is 466 g/mol. The molecule has 0 aliphatic heterocycles. The molecule has 0 radical (unpaired) electrons. The quantitative estimate of drug-likeness (QED) is 0.238. The minimum atomic E-state index is -0.998. The van der Waals surface area contributed by atoms with Crippen LogP contribution in [-0.4, -0.2) is 11.1 Å². The molecule has 0 fully saturated rings. The summed E-state index contributed by atoms with van der Waals surface area (Å²) in [6.45, 7) is 0.439. The van der Waals surface area contributed by atoms with Crippen LogP contribution >= 0.6 is 15.9 Å². The van der Waals surface area contributed by atoms with Crippen molar-refractivity contribution < 1.29 is 14.6 Å². The van der Waals surface area contributed by atoms with Crippen LogP contribution in [0.15, 0.2) is 89.4 Å². The summed E-state index contributed by atoms with van der Waals surface area (Å²) < 4.78 is 6.83. The van der Waals surface area contributed by atoms with Crippen molar-refractivity contribution in [2.45, 2.75) is 6.61 Å². The fourth-order valence-electron chi connectivity index (χ4n) is 3.44. The number of ether oxygens (including phenoxy) is 1. The highest BCUT2D eigenvalue weighted by Gasteiger charge is 2.08. The number of rotatable bonds is 6. The minimum absolute atomic E-state index is 0.182. The van der Waals surface area contributed by atoms with Crippen LogP contribution in [0, 0.1) is 11.3 Å². The number of hydrogen-bond acceptors (Lipinski definition) is 3. The summed E-state index contributed by atoms with van der Waals surface area (Å²) >= 11 is 3.56. The first-order chi connectivity index (χ1) is 15.5. The third-order valence-corrected chi connectivity index (χ3v) is 5.71. The number of aromatic carboxylic acids is 1. The smallest absolute Gasteiger partial charge is 0.335 e. The molecule has 0 aliphatic carbocycles. The van der Waals surface area contributed by atoms with E-state index < -0.39 is 5.97 Å². The van der Waals surface area contributed by atoms with Crippen LogP contribution in [0.5, 0.6) is 5.75 Å². The summed E-state index contributed by atoms with van der Waals surface area (Å²) in [5, 5.41) is 20.9. The molecule has 0 bridgehead atoms. The van der Waals surface area contributed by atoms with Gasteiger partial charge in [-0.05, 0) is 73.7 Å². The van der Waals surface area contributed by atoms with Gasteiger partial charge in [0, 0.05) is 0 Å². The molecule has 1 N–H and O–H groups in total. The SMILES string of the molecule is N#C/C(=C/c1ccc(OCc2cccc3ccccc23)c(Br)c1)c1ccc(C(=O)O)cc1. The minimum Gasteiger partial charge on any atom is -0.488 e. The summed E-state index contributed by atoms with van der Waals surface area (Å²) in [7, 11) is 0. The third-order valence-electron chi connectivity index (χ3n) is 5.09. The Morgan fingerprint density at radius 1 is 0.969 bits per heavy atom. The Hall–Kier alpha value is -3.88. The molecule has 0 saturated carbocycles. The number of halogens is 1. The predicted molar refractivity (Wildman–Crippen MR) is 129 cm³/mol. The maximum atomic E-state index is 11.0. The number of nitrogens with zero attached hydrogens (tertiary/aromatic N) is 1. The molecule has 5 heteroatoms. The zero-order chi connectivity index (χ0) is 22.5. The van der Waals surface area contributed by atoms with Gasteiger partial charge in [-0.2, -0.15) is 5.26 Å². The van der Waals surface area contributed by atoms with Gasteiger partial charge in [-0.15, -0.1) is 0 Å². The molecule has 4 aromatic rings. The monoisotopic (exact) mass is 483 g/mol. The van der Waals surface area contributed by atoms with E-state index in [1.165, 1.54) is 22.9 Å². The highest BCUT2D eigenvalue weighted by Crippen LogP contribution is 2.29. The predicted octanol–water partition coefficient (Wildman–Crippen LogP) is 6.94. The van der Waals surface area contributed by atoms with Gasteiger partial charge in [0.2, 0.25) is 0 Å². The number of carboxylic acid groups (broad SMARTS) is 1. The fraction of sp³-hybridized carbons (Fsp3) is 0.0370. The van der Waals surface area contributed by atoms with Crippen molar-refractivity contribution in [2.75, 3.05) is 0 Å². The molecule has 0 atom stereocenters. The number of fused-ring (bicyclic) bond motifs is 1. The lowest BCUT2D eigenvalue weighted by atomic mass is 10.0. The standard InChI is InChI=1S/C27H18BrNO3/c28-25-15-18(14-23(16-29)19-9-11-21(12-10-19)27(30)31)8-13-26(25)32-17-22-6-3-5-20-4-1-2-7-24(20)22/h1-15H,17H2,(H,30,31)/b23-14-. The third kappa shape index (κ3) is 4.72. The zero-order valence-corrected chi connectivity index (χ0v) is 18.5. The average molecular weight is 484 g/mol. The largest absolute Gasteiger partial charge is 0.488 e. The molecule has 4 aromatic carbocycles. The Morgan fingerprint density at radius 2 is 1.69 bits per heavy atom. The van der Waals surface area contributed by atoms with E-state index in [4.69, 9.17) is 9.84 Å². The second-order valence-corrected chi connectivity index (χ2v) is 8.02. The molecule has 4 rings (SSSR count). The number of benzene rings is 4. The summed E-state index contributed by atoms with van der Waals surface area (Å²) in [6.07, 6.45) is 1.76. The second kappa shape index (κ2) is 9.51. The maximum absolute atomic E-state index is 11.0. The Kier molecular flexibility index (Phi) is 6.34. The number of carboxylic acids is 1. The van der Waals surface area contributed by atoms with Crippen LogP contribution in [0.2, 0.25) is 0 Å². The van der Waals surface area contributed by atoms with E-state index in [9.17, 15) is 10.1 Å². The van der Waals surface area contributed by atoms with Crippen molar-refractivity contribution >= 4 is 44.3 Å². The van der Waals surface area contributed by atoms with Crippen molar-refractivity contribution in [3.8, 4) is 11.8 Å². The van der Waals surface area contributed by atoms with Crippen LogP contribution in [0.1, 0.15) is 27.0 Å². The molecule has 0 aliphatic rings. The van der Waals surface area contributed by atoms with Gasteiger partial charge >= 0.3 is 5.97 Å². The van der Waals surface area contributed by atoms with E-state index in [1.807, 2.05) is 36.4 Å². The molecule has 32 heavy (non-hydrogen) atoms.